The van der Waals surface area contributed by atoms with Gasteiger partial charge in [0.25, 0.3) is 0 Å². The van der Waals surface area contributed by atoms with Crippen molar-refractivity contribution in [3.8, 4) is 5.75 Å². The van der Waals surface area contributed by atoms with Crippen LogP contribution in [0.2, 0.25) is 5.02 Å². The number of amides is 1. The molecule has 0 aliphatic heterocycles. The maximum absolute atomic E-state index is 12.5. The first-order valence-electron chi connectivity index (χ1n) is 7.55. The summed E-state index contributed by atoms with van der Waals surface area (Å²) in [7, 11) is 1.57. The lowest BCUT2D eigenvalue weighted by Crippen LogP contribution is -2.15. The van der Waals surface area contributed by atoms with Gasteiger partial charge in [-0.1, -0.05) is 29.8 Å². The molecule has 24 heavy (non-hydrogen) atoms. The first-order valence-corrected chi connectivity index (χ1v) is 7.93. The Balaban J connectivity index is 1.87. The lowest BCUT2D eigenvalue weighted by atomic mass is 10.1. The number of carbonyl (C=O) groups excluding carboxylic acids is 1. The number of aromatic nitrogens is 1. The number of fused-ring (bicyclic) bond motifs is 1. The summed E-state index contributed by atoms with van der Waals surface area (Å²) in [5.74, 6) is 0.511. The van der Waals surface area contributed by atoms with Gasteiger partial charge in [0.2, 0.25) is 5.91 Å². The Kier molecular flexibility index (Phi) is 4.67. The second-order valence-electron chi connectivity index (χ2n) is 5.51. The van der Waals surface area contributed by atoms with Crippen molar-refractivity contribution < 1.29 is 9.53 Å². The predicted molar refractivity (Wildman–Crippen MR) is 96.8 cm³/mol. The molecule has 1 amide bonds. The lowest BCUT2D eigenvalue weighted by Gasteiger charge is -2.12. The van der Waals surface area contributed by atoms with E-state index in [4.69, 9.17) is 16.3 Å². The minimum absolute atomic E-state index is 0.133. The smallest absolute Gasteiger partial charge is 0.228 e. The highest BCUT2D eigenvalue weighted by Gasteiger charge is 2.12. The first-order chi connectivity index (χ1) is 11.6. The molecule has 3 aromatic rings. The van der Waals surface area contributed by atoms with Crippen LogP contribution < -0.4 is 10.1 Å². The van der Waals surface area contributed by atoms with Crippen molar-refractivity contribution in [1.29, 1.82) is 0 Å². The molecule has 0 saturated carbocycles. The molecule has 0 fully saturated rings. The van der Waals surface area contributed by atoms with Crippen LogP contribution in [0.15, 0.2) is 48.5 Å². The third-order valence-corrected chi connectivity index (χ3v) is 3.95. The van der Waals surface area contributed by atoms with Crippen LogP contribution >= 0.6 is 11.6 Å². The van der Waals surface area contributed by atoms with E-state index in [0.29, 0.717) is 10.8 Å². The number of rotatable bonds is 4. The van der Waals surface area contributed by atoms with Crippen molar-refractivity contribution >= 4 is 34.1 Å². The summed E-state index contributed by atoms with van der Waals surface area (Å²) in [5.41, 5.74) is 3.21. The lowest BCUT2D eigenvalue weighted by molar-refractivity contribution is -0.115. The van der Waals surface area contributed by atoms with E-state index in [-0.39, 0.29) is 12.3 Å². The van der Waals surface area contributed by atoms with Crippen LogP contribution in [0.5, 0.6) is 5.75 Å². The molecule has 0 bridgehead atoms. The van der Waals surface area contributed by atoms with E-state index in [0.717, 1.165) is 27.8 Å². The number of hydrogen-bond donors (Lipinski definition) is 1. The highest BCUT2D eigenvalue weighted by atomic mass is 35.5. The molecule has 1 heterocycles. The van der Waals surface area contributed by atoms with E-state index in [1.165, 1.54) is 0 Å². The maximum atomic E-state index is 12.5. The van der Waals surface area contributed by atoms with Gasteiger partial charge in [-0.05, 0) is 37.3 Å². The van der Waals surface area contributed by atoms with Crippen molar-refractivity contribution in [3.63, 3.8) is 0 Å². The fourth-order valence-corrected chi connectivity index (χ4v) is 2.86. The van der Waals surface area contributed by atoms with Crippen LogP contribution in [0.3, 0.4) is 0 Å². The second kappa shape index (κ2) is 6.89. The number of pyridine rings is 1. The molecule has 122 valence electrons. The largest absolute Gasteiger partial charge is 0.496 e. The number of halogens is 1. The number of ether oxygens (including phenoxy) is 1. The maximum Gasteiger partial charge on any atom is 0.228 e. The number of nitrogens with zero attached hydrogens (tertiary/aromatic N) is 1. The molecular formula is C19H17ClN2O2. The monoisotopic (exact) mass is 340 g/mol. The van der Waals surface area contributed by atoms with Gasteiger partial charge in [-0.25, -0.2) is 0 Å². The molecule has 0 aliphatic carbocycles. The van der Waals surface area contributed by atoms with E-state index >= 15 is 0 Å². The summed E-state index contributed by atoms with van der Waals surface area (Å²) >= 11 is 6.02. The Hall–Kier alpha value is -2.59. The Bertz CT molecular complexity index is 909. The summed E-state index contributed by atoms with van der Waals surface area (Å²) in [5, 5.41) is 4.45. The van der Waals surface area contributed by atoms with Crippen LogP contribution in [-0.4, -0.2) is 18.0 Å². The summed E-state index contributed by atoms with van der Waals surface area (Å²) < 4.78 is 5.29. The number of methoxy groups -OCH3 is 1. The molecule has 0 unspecified atom stereocenters. The summed E-state index contributed by atoms with van der Waals surface area (Å²) in [6, 6.07) is 14.8. The van der Waals surface area contributed by atoms with Crippen molar-refractivity contribution in [2.75, 3.05) is 12.4 Å². The van der Waals surface area contributed by atoms with Gasteiger partial charge in [0, 0.05) is 21.7 Å². The number of nitrogens with one attached hydrogen (secondary N) is 1. The van der Waals surface area contributed by atoms with Crippen LogP contribution in [-0.2, 0) is 11.2 Å². The highest BCUT2D eigenvalue weighted by Crippen LogP contribution is 2.25. The number of carbonyl (C=O) groups is 1. The Morgan fingerprint density at radius 2 is 2.00 bits per heavy atom. The Morgan fingerprint density at radius 1 is 1.21 bits per heavy atom. The summed E-state index contributed by atoms with van der Waals surface area (Å²) in [4.78, 5) is 17.0. The number of aryl methyl sites for hydroxylation is 1. The molecule has 3 rings (SSSR count). The molecule has 0 radical (unpaired) electrons. The molecule has 0 atom stereocenters. The molecule has 0 aliphatic rings. The van der Waals surface area contributed by atoms with Gasteiger partial charge in [-0.15, -0.1) is 0 Å². The van der Waals surface area contributed by atoms with E-state index in [2.05, 4.69) is 10.3 Å². The average molecular weight is 341 g/mol. The third kappa shape index (κ3) is 3.49. The van der Waals surface area contributed by atoms with Gasteiger partial charge in [-0.3, -0.25) is 9.78 Å². The zero-order valence-electron chi connectivity index (χ0n) is 13.5. The van der Waals surface area contributed by atoms with Gasteiger partial charge in [0.1, 0.15) is 5.75 Å². The van der Waals surface area contributed by atoms with Crippen molar-refractivity contribution in [3.05, 3.63) is 64.8 Å². The number of hydrogen-bond acceptors (Lipinski definition) is 3. The highest BCUT2D eigenvalue weighted by molar-refractivity contribution is 6.30. The van der Waals surface area contributed by atoms with Crippen LogP contribution in [0, 0.1) is 6.92 Å². The Morgan fingerprint density at radius 3 is 2.79 bits per heavy atom. The van der Waals surface area contributed by atoms with Gasteiger partial charge in [0.15, 0.2) is 0 Å². The average Bonchev–Trinajstić information content (AvgIpc) is 2.55. The Labute approximate surface area is 145 Å². The van der Waals surface area contributed by atoms with E-state index in [9.17, 15) is 4.79 Å². The topological polar surface area (TPSA) is 51.2 Å². The minimum Gasteiger partial charge on any atom is -0.496 e. The zero-order valence-corrected chi connectivity index (χ0v) is 14.2. The normalized spacial score (nSPS) is 10.6. The van der Waals surface area contributed by atoms with Crippen LogP contribution in [0.1, 0.15) is 11.3 Å². The van der Waals surface area contributed by atoms with Gasteiger partial charge < -0.3 is 10.1 Å². The van der Waals surface area contributed by atoms with Gasteiger partial charge in [0.05, 0.1) is 24.7 Å². The van der Waals surface area contributed by atoms with Crippen molar-refractivity contribution in [2.24, 2.45) is 0 Å². The van der Waals surface area contributed by atoms with E-state index in [1.54, 1.807) is 25.3 Å². The second-order valence-corrected chi connectivity index (χ2v) is 5.95. The molecule has 0 spiro atoms. The quantitative estimate of drug-likeness (QED) is 0.766. The minimum atomic E-state index is -0.133. The summed E-state index contributed by atoms with van der Waals surface area (Å²) in [6.07, 6.45) is 0.180. The molecule has 4 nitrogen and oxygen atoms in total. The van der Waals surface area contributed by atoms with Crippen molar-refractivity contribution in [1.82, 2.24) is 4.98 Å². The van der Waals surface area contributed by atoms with Gasteiger partial charge in [-0.2, -0.15) is 0 Å². The SMILES string of the molecule is COc1ccc(Cl)cc1CC(=O)Nc1cc(C)nc2ccccc12. The predicted octanol–water partition coefficient (Wildman–Crippen LogP) is 4.39. The molecular weight excluding hydrogens is 324 g/mol. The zero-order chi connectivity index (χ0) is 17.1. The standard InChI is InChI=1S/C19H17ClN2O2/c1-12-9-17(15-5-3-4-6-16(15)21-12)22-19(23)11-13-10-14(20)7-8-18(13)24-2/h3-10H,11H2,1-2H3,(H,21,22,23). The fraction of sp³-hybridized carbons (Fsp3) is 0.158. The van der Waals surface area contributed by atoms with E-state index < -0.39 is 0 Å². The number of anilines is 1. The molecule has 0 saturated heterocycles. The molecule has 2 aromatic carbocycles. The van der Waals surface area contributed by atoms with Crippen LogP contribution in [0.25, 0.3) is 10.9 Å². The molecule has 1 aromatic heterocycles. The number of para-hydroxylation sites is 1. The third-order valence-electron chi connectivity index (χ3n) is 3.71. The molecule has 5 heteroatoms. The van der Waals surface area contributed by atoms with E-state index in [1.807, 2.05) is 37.3 Å². The summed E-state index contributed by atoms with van der Waals surface area (Å²) in [6.45, 7) is 1.90. The van der Waals surface area contributed by atoms with Crippen molar-refractivity contribution in [2.45, 2.75) is 13.3 Å². The number of benzene rings is 2. The fourth-order valence-electron chi connectivity index (χ4n) is 2.66. The molecule has 1 N–H and O–H groups in total. The van der Waals surface area contributed by atoms with Gasteiger partial charge >= 0.3 is 0 Å². The first kappa shape index (κ1) is 16.3. The van der Waals surface area contributed by atoms with Crippen LogP contribution in [0.4, 0.5) is 5.69 Å².